The van der Waals surface area contributed by atoms with Crippen LogP contribution in [0.15, 0.2) is 66.9 Å². The van der Waals surface area contributed by atoms with Crippen molar-refractivity contribution in [2.75, 3.05) is 0 Å². The number of pyridine rings is 1. The first-order chi connectivity index (χ1) is 10.3. The van der Waals surface area contributed by atoms with E-state index < -0.39 is 0 Å². The molecular formula is C19H14IN. The molecule has 1 nitrogen and oxygen atoms in total. The third-order valence-corrected chi connectivity index (χ3v) is 5.05. The van der Waals surface area contributed by atoms with Gasteiger partial charge < -0.3 is 4.40 Å². The van der Waals surface area contributed by atoms with E-state index in [1.807, 2.05) is 0 Å². The molecule has 0 unspecified atom stereocenters. The number of aryl methyl sites for hydroxylation is 1. The molecule has 0 aliphatic rings. The van der Waals surface area contributed by atoms with E-state index in [9.17, 15) is 0 Å². The van der Waals surface area contributed by atoms with Gasteiger partial charge in [-0.2, -0.15) is 0 Å². The predicted octanol–water partition coefficient (Wildman–Crippen LogP) is 5.67. The highest BCUT2D eigenvalue weighted by Crippen LogP contribution is 2.36. The van der Waals surface area contributed by atoms with Crippen LogP contribution < -0.4 is 0 Å². The van der Waals surface area contributed by atoms with Crippen LogP contribution in [-0.4, -0.2) is 4.40 Å². The lowest BCUT2D eigenvalue weighted by Gasteiger charge is -2.13. The van der Waals surface area contributed by atoms with Gasteiger partial charge in [0, 0.05) is 20.7 Å². The maximum atomic E-state index is 2.49. The van der Waals surface area contributed by atoms with Crippen molar-refractivity contribution in [2.24, 2.45) is 0 Å². The van der Waals surface area contributed by atoms with E-state index in [4.69, 9.17) is 0 Å². The standard InChI is InChI=1S/C19H14IN/c1-13-6-4-7-14(12-13)18-17-10-5-11-21(17)16-9-3-2-8-15(16)19(18)20/h2-12H,1H3. The normalized spacial score (nSPS) is 11.3. The number of hydrogen-bond acceptors (Lipinski definition) is 0. The highest BCUT2D eigenvalue weighted by atomic mass is 127. The van der Waals surface area contributed by atoms with Crippen molar-refractivity contribution in [3.05, 3.63) is 76.0 Å². The third-order valence-electron chi connectivity index (χ3n) is 3.93. The largest absolute Gasteiger partial charge is 0.316 e. The lowest BCUT2D eigenvalue weighted by atomic mass is 10.0. The molecule has 0 aliphatic carbocycles. The van der Waals surface area contributed by atoms with Gasteiger partial charge in [0.05, 0.1) is 11.0 Å². The molecule has 2 heteroatoms. The SMILES string of the molecule is Cc1cccc(-c2c(I)c3ccccc3n3cccc23)c1. The van der Waals surface area contributed by atoms with Crippen molar-refractivity contribution in [1.29, 1.82) is 0 Å². The van der Waals surface area contributed by atoms with Gasteiger partial charge in [-0.25, -0.2) is 0 Å². The van der Waals surface area contributed by atoms with E-state index in [2.05, 4.69) is 101 Å². The van der Waals surface area contributed by atoms with E-state index in [0.717, 1.165) is 0 Å². The van der Waals surface area contributed by atoms with Crippen LogP contribution in [0.4, 0.5) is 0 Å². The summed E-state index contributed by atoms with van der Waals surface area (Å²) in [5, 5.41) is 1.30. The number of benzene rings is 2. The zero-order valence-electron chi connectivity index (χ0n) is 11.7. The number of rotatable bonds is 1. The van der Waals surface area contributed by atoms with Gasteiger partial charge in [0.2, 0.25) is 0 Å². The molecule has 102 valence electrons. The molecule has 0 radical (unpaired) electrons. The van der Waals surface area contributed by atoms with E-state index in [1.54, 1.807) is 0 Å². The summed E-state index contributed by atoms with van der Waals surface area (Å²) in [7, 11) is 0. The molecule has 0 amide bonds. The summed E-state index contributed by atoms with van der Waals surface area (Å²) in [5.41, 5.74) is 6.43. The Hall–Kier alpha value is -1.81. The summed E-state index contributed by atoms with van der Waals surface area (Å²) < 4.78 is 3.61. The number of aromatic nitrogens is 1. The van der Waals surface area contributed by atoms with Gasteiger partial charge in [0.25, 0.3) is 0 Å². The van der Waals surface area contributed by atoms with E-state index in [1.165, 1.54) is 36.7 Å². The first kappa shape index (κ1) is 12.9. The van der Waals surface area contributed by atoms with Crippen molar-refractivity contribution in [2.45, 2.75) is 6.92 Å². The molecule has 0 atom stereocenters. The Morgan fingerprint density at radius 2 is 1.67 bits per heavy atom. The van der Waals surface area contributed by atoms with Gasteiger partial charge in [-0.05, 0) is 53.3 Å². The van der Waals surface area contributed by atoms with Gasteiger partial charge in [0.15, 0.2) is 0 Å². The fourth-order valence-electron chi connectivity index (χ4n) is 2.99. The maximum absolute atomic E-state index is 2.49. The predicted molar refractivity (Wildman–Crippen MR) is 97.8 cm³/mol. The molecule has 0 saturated heterocycles. The monoisotopic (exact) mass is 383 g/mol. The Balaban J connectivity index is 2.21. The number of para-hydroxylation sites is 1. The lowest BCUT2D eigenvalue weighted by Crippen LogP contribution is -1.94. The van der Waals surface area contributed by atoms with Crippen LogP contribution in [0, 0.1) is 10.5 Å². The molecule has 0 spiro atoms. The summed E-state index contributed by atoms with van der Waals surface area (Å²) in [6.07, 6.45) is 2.15. The molecule has 0 aliphatic heterocycles. The van der Waals surface area contributed by atoms with Crippen LogP contribution in [0.5, 0.6) is 0 Å². The Bertz CT molecular complexity index is 966. The quantitative estimate of drug-likeness (QED) is 0.373. The van der Waals surface area contributed by atoms with Gasteiger partial charge in [-0.3, -0.25) is 0 Å². The Morgan fingerprint density at radius 3 is 2.52 bits per heavy atom. The molecule has 21 heavy (non-hydrogen) atoms. The van der Waals surface area contributed by atoms with E-state index >= 15 is 0 Å². The van der Waals surface area contributed by atoms with Gasteiger partial charge in [-0.15, -0.1) is 0 Å². The molecule has 2 aromatic heterocycles. The first-order valence-electron chi connectivity index (χ1n) is 7.00. The van der Waals surface area contributed by atoms with Gasteiger partial charge in [-0.1, -0.05) is 48.0 Å². The third kappa shape index (κ3) is 1.97. The van der Waals surface area contributed by atoms with Crippen molar-refractivity contribution < 1.29 is 0 Å². The van der Waals surface area contributed by atoms with Crippen molar-refractivity contribution in [3.8, 4) is 11.1 Å². The maximum Gasteiger partial charge on any atom is 0.0545 e. The van der Waals surface area contributed by atoms with Crippen LogP contribution in [-0.2, 0) is 0 Å². The average molecular weight is 383 g/mol. The van der Waals surface area contributed by atoms with Crippen LogP contribution in [0.25, 0.3) is 27.5 Å². The topological polar surface area (TPSA) is 4.41 Å². The number of halogens is 1. The molecule has 0 bridgehead atoms. The van der Waals surface area contributed by atoms with Crippen LogP contribution in [0.3, 0.4) is 0 Å². The van der Waals surface area contributed by atoms with Crippen LogP contribution in [0.1, 0.15) is 5.56 Å². The zero-order valence-corrected chi connectivity index (χ0v) is 13.8. The van der Waals surface area contributed by atoms with Crippen molar-refractivity contribution in [3.63, 3.8) is 0 Å². The Labute approximate surface area is 137 Å². The molecule has 0 N–H and O–H groups in total. The zero-order chi connectivity index (χ0) is 14.4. The minimum absolute atomic E-state index is 1.26. The van der Waals surface area contributed by atoms with Crippen LogP contribution in [0.2, 0.25) is 0 Å². The lowest BCUT2D eigenvalue weighted by molar-refractivity contribution is 1.27. The summed E-state index contributed by atoms with van der Waals surface area (Å²) in [6.45, 7) is 2.15. The van der Waals surface area contributed by atoms with Gasteiger partial charge in [0.1, 0.15) is 0 Å². The number of hydrogen-bond donors (Lipinski definition) is 0. The average Bonchev–Trinajstić information content (AvgIpc) is 2.97. The fourth-order valence-corrected chi connectivity index (χ4v) is 4.03. The minimum Gasteiger partial charge on any atom is -0.316 e. The van der Waals surface area contributed by atoms with Gasteiger partial charge >= 0.3 is 0 Å². The van der Waals surface area contributed by atoms with Crippen LogP contribution >= 0.6 is 22.6 Å². The molecule has 4 rings (SSSR count). The Kier molecular flexibility index (Phi) is 3.00. The highest BCUT2D eigenvalue weighted by Gasteiger charge is 2.13. The summed E-state index contributed by atoms with van der Waals surface area (Å²) in [6, 6.07) is 21.7. The highest BCUT2D eigenvalue weighted by molar-refractivity contribution is 14.1. The minimum atomic E-state index is 1.26. The second-order valence-electron chi connectivity index (χ2n) is 5.34. The summed E-state index contributed by atoms with van der Waals surface area (Å²) in [4.78, 5) is 0. The second-order valence-corrected chi connectivity index (χ2v) is 6.42. The first-order valence-corrected chi connectivity index (χ1v) is 8.08. The smallest absolute Gasteiger partial charge is 0.0545 e. The molecule has 2 aromatic carbocycles. The van der Waals surface area contributed by atoms with E-state index in [-0.39, 0.29) is 0 Å². The summed E-state index contributed by atoms with van der Waals surface area (Å²) in [5.74, 6) is 0. The van der Waals surface area contributed by atoms with E-state index in [0.29, 0.717) is 0 Å². The molecule has 0 fully saturated rings. The summed E-state index contributed by atoms with van der Waals surface area (Å²) >= 11 is 2.49. The molecule has 2 heterocycles. The molecular weight excluding hydrogens is 369 g/mol. The Morgan fingerprint density at radius 1 is 0.857 bits per heavy atom. The number of fused-ring (bicyclic) bond motifs is 3. The number of nitrogens with zero attached hydrogens (tertiary/aromatic N) is 1. The van der Waals surface area contributed by atoms with Crippen molar-refractivity contribution >= 4 is 39.0 Å². The fraction of sp³-hybridized carbons (Fsp3) is 0.0526. The van der Waals surface area contributed by atoms with Crippen molar-refractivity contribution in [1.82, 2.24) is 4.40 Å². The molecule has 4 aromatic rings. The second kappa shape index (κ2) is 4.88. The molecule has 0 saturated carbocycles.